The van der Waals surface area contributed by atoms with Crippen LogP contribution in [0.1, 0.15) is 36.9 Å². The number of ether oxygens (including phenoxy) is 2. The van der Waals surface area contributed by atoms with Crippen LogP contribution in [0.3, 0.4) is 0 Å². The van der Waals surface area contributed by atoms with Gasteiger partial charge in [0.1, 0.15) is 0 Å². The van der Waals surface area contributed by atoms with Crippen molar-refractivity contribution >= 4 is 17.6 Å². The van der Waals surface area contributed by atoms with E-state index in [2.05, 4.69) is 10.6 Å². The fraction of sp³-hybridized carbons (Fsp3) is 0.562. The van der Waals surface area contributed by atoms with E-state index in [0.717, 1.165) is 29.0 Å². The Morgan fingerprint density at radius 3 is 2.95 bits per heavy atom. The van der Waals surface area contributed by atoms with Crippen molar-refractivity contribution in [3.05, 3.63) is 34.3 Å². The third-order valence-corrected chi connectivity index (χ3v) is 4.64. The first kappa shape index (κ1) is 15.6. The summed E-state index contributed by atoms with van der Waals surface area (Å²) in [5.74, 6) is -0.569. The quantitative estimate of drug-likeness (QED) is 0.895. The molecule has 1 atom stereocenters. The Labute approximate surface area is 135 Å². The monoisotopic (exact) mass is 324 g/mol. The summed E-state index contributed by atoms with van der Waals surface area (Å²) in [6.45, 7) is 3.64. The summed E-state index contributed by atoms with van der Waals surface area (Å²) in [5.41, 5.74) is 2.27. The van der Waals surface area contributed by atoms with E-state index in [0.29, 0.717) is 26.2 Å². The van der Waals surface area contributed by atoms with Gasteiger partial charge in [-0.25, -0.2) is 4.79 Å². The number of hydrogen-bond donors (Lipinski definition) is 2. The zero-order valence-electron chi connectivity index (χ0n) is 12.7. The van der Waals surface area contributed by atoms with Crippen molar-refractivity contribution in [2.24, 2.45) is 0 Å². The van der Waals surface area contributed by atoms with Crippen molar-refractivity contribution in [2.75, 3.05) is 19.8 Å². The molecule has 1 saturated heterocycles. The molecule has 1 aromatic rings. The smallest absolute Gasteiger partial charge is 0.315 e. The number of benzene rings is 1. The molecule has 0 aromatic heterocycles. The van der Waals surface area contributed by atoms with Gasteiger partial charge in [-0.1, -0.05) is 23.7 Å². The molecule has 1 aliphatic carbocycles. The van der Waals surface area contributed by atoms with E-state index >= 15 is 0 Å². The van der Waals surface area contributed by atoms with Gasteiger partial charge in [0.05, 0.1) is 19.3 Å². The van der Waals surface area contributed by atoms with Crippen molar-refractivity contribution < 1.29 is 14.3 Å². The van der Waals surface area contributed by atoms with Crippen molar-refractivity contribution in [1.82, 2.24) is 10.6 Å². The van der Waals surface area contributed by atoms with Gasteiger partial charge in [-0.3, -0.25) is 0 Å². The van der Waals surface area contributed by atoms with Crippen molar-refractivity contribution in [3.8, 4) is 0 Å². The summed E-state index contributed by atoms with van der Waals surface area (Å²) in [6.07, 6.45) is 2.42. The molecule has 2 amide bonds. The highest BCUT2D eigenvalue weighted by molar-refractivity contribution is 6.31. The van der Waals surface area contributed by atoms with Crippen LogP contribution in [0, 0.1) is 0 Å². The van der Waals surface area contributed by atoms with E-state index in [1.165, 1.54) is 0 Å². The normalized spacial score (nSPS) is 22.4. The zero-order chi connectivity index (χ0) is 15.6. The maximum atomic E-state index is 12.0. The second kappa shape index (κ2) is 6.44. The largest absolute Gasteiger partial charge is 0.348 e. The third-order valence-electron chi connectivity index (χ3n) is 4.28. The second-order valence-corrected chi connectivity index (χ2v) is 6.29. The fourth-order valence-corrected chi connectivity index (χ4v) is 3.35. The Morgan fingerprint density at radius 1 is 1.41 bits per heavy atom. The van der Waals surface area contributed by atoms with Gasteiger partial charge in [-0.05, 0) is 37.0 Å². The number of hydrogen-bond acceptors (Lipinski definition) is 3. The lowest BCUT2D eigenvalue weighted by Crippen LogP contribution is -2.40. The molecule has 6 heteroatoms. The Bertz CT molecular complexity index is 558. The van der Waals surface area contributed by atoms with Gasteiger partial charge in [0, 0.05) is 18.0 Å². The molecule has 1 heterocycles. The van der Waals surface area contributed by atoms with E-state index in [1.807, 2.05) is 25.1 Å². The number of amides is 2. The molecule has 1 aliphatic heterocycles. The highest BCUT2D eigenvalue weighted by Gasteiger charge is 2.30. The van der Waals surface area contributed by atoms with Gasteiger partial charge in [-0.15, -0.1) is 0 Å². The molecular formula is C16H21ClN2O3. The highest BCUT2D eigenvalue weighted by Crippen LogP contribution is 2.35. The van der Waals surface area contributed by atoms with E-state index in [9.17, 15) is 4.79 Å². The van der Waals surface area contributed by atoms with Crippen molar-refractivity contribution in [3.63, 3.8) is 0 Å². The van der Waals surface area contributed by atoms with Gasteiger partial charge in [0.2, 0.25) is 0 Å². The fourth-order valence-electron chi connectivity index (χ4n) is 3.07. The number of nitrogens with one attached hydrogen (secondary N) is 2. The first-order valence-corrected chi connectivity index (χ1v) is 8.05. The number of halogens is 1. The number of fused-ring (bicyclic) bond motifs is 1. The van der Waals surface area contributed by atoms with E-state index < -0.39 is 5.79 Å². The average Bonchev–Trinajstić information content (AvgIpc) is 3.08. The first-order valence-electron chi connectivity index (χ1n) is 7.67. The van der Waals surface area contributed by atoms with Crippen LogP contribution in [-0.2, 0) is 15.9 Å². The SMILES string of the molecule is CC1(CCNC(=O)N[C@@H]2CCc3c(Cl)cccc32)OCCO1. The number of rotatable bonds is 4. The molecule has 0 saturated carbocycles. The molecule has 2 aliphatic rings. The van der Waals surface area contributed by atoms with Crippen LogP contribution in [0.25, 0.3) is 0 Å². The minimum Gasteiger partial charge on any atom is -0.348 e. The lowest BCUT2D eigenvalue weighted by atomic mass is 10.1. The Kier molecular flexibility index (Phi) is 4.57. The average molecular weight is 325 g/mol. The van der Waals surface area contributed by atoms with Gasteiger partial charge >= 0.3 is 6.03 Å². The maximum Gasteiger partial charge on any atom is 0.315 e. The number of carbonyl (C=O) groups excluding carboxylic acids is 1. The Morgan fingerprint density at radius 2 is 2.18 bits per heavy atom. The van der Waals surface area contributed by atoms with Gasteiger partial charge < -0.3 is 20.1 Å². The molecule has 1 aromatic carbocycles. The molecule has 3 rings (SSSR count). The predicted molar refractivity (Wildman–Crippen MR) is 84.0 cm³/mol. The summed E-state index contributed by atoms with van der Waals surface area (Å²) in [6, 6.07) is 5.71. The minimum atomic E-state index is -0.569. The summed E-state index contributed by atoms with van der Waals surface area (Å²) < 4.78 is 11.0. The van der Waals surface area contributed by atoms with Crippen LogP contribution in [-0.4, -0.2) is 31.6 Å². The Balaban J connectivity index is 1.48. The maximum absolute atomic E-state index is 12.0. The molecule has 22 heavy (non-hydrogen) atoms. The van der Waals surface area contributed by atoms with Crippen LogP contribution < -0.4 is 10.6 Å². The lowest BCUT2D eigenvalue weighted by Gasteiger charge is -2.22. The van der Waals surface area contributed by atoms with Crippen molar-refractivity contribution in [1.29, 1.82) is 0 Å². The third kappa shape index (κ3) is 3.37. The van der Waals surface area contributed by atoms with Crippen LogP contribution in [0.5, 0.6) is 0 Å². The Hall–Kier alpha value is -1.30. The molecule has 1 fully saturated rings. The molecule has 120 valence electrons. The van der Waals surface area contributed by atoms with Crippen molar-refractivity contribution in [2.45, 2.75) is 38.0 Å². The summed E-state index contributed by atoms with van der Waals surface area (Å²) in [5, 5.41) is 6.66. The van der Waals surface area contributed by atoms with E-state index in [-0.39, 0.29) is 12.1 Å². The molecule has 5 nitrogen and oxygen atoms in total. The molecule has 0 spiro atoms. The molecule has 0 bridgehead atoms. The van der Waals surface area contributed by atoms with E-state index in [1.54, 1.807) is 0 Å². The number of carbonyl (C=O) groups is 1. The van der Waals surface area contributed by atoms with Gasteiger partial charge in [-0.2, -0.15) is 0 Å². The predicted octanol–water partition coefficient (Wildman–Crippen LogP) is 2.78. The second-order valence-electron chi connectivity index (χ2n) is 5.88. The van der Waals surface area contributed by atoms with Gasteiger partial charge in [0.15, 0.2) is 5.79 Å². The van der Waals surface area contributed by atoms with Crippen LogP contribution >= 0.6 is 11.6 Å². The van der Waals surface area contributed by atoms with Crippen LogP contribution in [0.15, 0.2) is 18.2 Å². The summed E-state index contributed by atoms with van der Waals surface area (Å²) in [7, 11) is 0. The zero-order valence-corrected chi connectivity index (χ0v) is 13.4. The topological polar surface area (TPSA) is 59.6 Å². The highest BCUT2D eigenvalue weighted by atomic mass is 35.5. The standard InChI is InChI=1S/C16H21ClN2O3/c1-16(21-9-10-22-16)7-8-18-15(20)19-14-6-5-11-12(14)3-2-4-13(11)17/h2-4,14H,5-10H2,1H3,(H2,18,19,20)/t14-/m1/s1. The lowest BCUT2D eigenvalue weighted by molar-refractivity contribution is -0.145. The first-order chi connectivity index (χ1) is 10.6. The minimum absolute atomic E-state index is 0.0308. The summed E-state index contributed by atoms with van der Waals surface area (Å²) in [4.78, 5) is 12.0. The van der Waals surface area contributed by atoms with Crippen LogP contribution in [0.2, 0.25) is 5.02 Å². The molecule has 2 N–H and O–H groups in total. The summed E-state index contributed by atoms with van der Waals surface area (Å²) >= 11 is 6.19. The molecule has 0 radical (unpaired) electrons. The van der Waals surface area contributed by atoms with Gasteiger partial charge in [0.25, 0.3) is 0 Å². The molecular weight excluding hydrogens is 304 g/mol. The van der Waals surface area contributed by atoms with E-state index in [4.69, 9.17) is 21.1 Å². The number of urea groups is 1. The van der Waals surface area contributed by atoms with Crippen LogP contribution in [0.4, 0.5) is 4.79 Å². The molecule has 0 unspecified atom stereocenters.